The maximum Gasteiger partial charge on any atom is 0.276 e. The number of nitrogens with zero attached hydrogens (tertiary/aromatic N) is 3. The molecule has 0 aliphatic carbocycles. The first-order chi connectivity index (χ1) is 12.4. The van der Waals surface area contributed by atoms with Crippen molar-refractivity contribution in [3.05, 3.63) is 16.1 Å². The number of β-lactam (4-membered cyclic amide) rings is 1. The van der Waals surface area contributed by atoms with Gasteiger partial charge in [0.15, 0.2) is 13.9 Å². The van der Waals surface area contributed by atoms with Crippen LogP contribution in [0.15, 0.2) is 10.5 Å². The Bertz CT molecular complexity index is 798. The number of ketones is 1. The van der Waals surface area contributed by atoms with Crippen molar-refractivity contribution in [1.82, 2.24) is 14.9 Å². The van der Waals surface area contributed by atoms with Gasteiger partial charge in [0.25, 0.3) is 5.91 Å². The number of thiazole rings is 1. The summed E-state index contributed by atoms with van der Waals surface area (Å²) in [6.45, 7) is 11.6. The van der Waals surface area contributed by atoms with E-state index < -0.39 is 25.7 Å². The standard InChI is InChI=1S/C17H26N4O4SSi.CH4/c1-10(22)8-12-18-11(9-26-12)13(20-25-4)15(23)19-14-16(24)21(17(14,2)3)27(5,6)7;/h9,14H,8H2,1-7H3,(H,19,23);1H4/b20-13-;. The summed E-state index contributed by atoms with van der Waals surface area (Å²) >= 11 is 1.27. The highest BCUT2D eigenvalue weighted by Crippen LogP contribution is 2.36. The van der Waals surface area contributed by atoms with E-state index in [1.54, 1.807) is 5.38 Å². The fourth-order valence-corrected chi connectivity index (χ4v) is 6.92. The molecule has 28 heavy (non-hydrogen) atoms. The summed E-state index contributed by atoms with van der Waals surface area (Å²) in [5, 5.41) is 8.80. The Hall–Kier alpha value is -2.07. The van der Waals surface area contributed by atoms with Gasteiger partial charge in [-0.2, -0.15) is 0 Å². The fraction of sp³-hybridized carbons (Fsp3) is 0.611. The molecule has 156 valence electrons. The van der Waals surface area contributed by atoms with E-state index in [9.17, 15) is 14.4 Å². The Kier molecular flexibility index (Phi) is 7.29. The van der Waals surface area contributed by atoms with Crippen molar-refractivity contribution < 1.29 is 19.2 Å². The van der Waals surface area contributed by atoms with Crippen molar-refractivity contribution >= 4 is 42.9 Å². The van der Waals surface area contributed by atoms with Crippen molar-refractivity contribution in [2.45, 2.75) is 65.8 Å². The number of hydrogen-bond donors (Lipinski definition) is 1. The maximum absolute atomic E-state index is 12.8. The minimum Gasteiger partial charge on any atom is -0.398 e. The average Bonchev–Trinajstić information content (AvgIpc) is 2.95. The largest absolute Gasteiger partial charge is 0.398 e. The molecule has 1 aliphatic rings. The van der Waals surface area contributed by atoms with Gasteiger partial charge in [-0.05, 0) is 20.8 Å². The molecule has 1 saturated heterocycles. The van der Waals surface area contributed by atoms with E-state index in [1.807, 2.05) is 18.4 Å². The summed E-state index contributed by atoms with van der Waals surface area (Å²) in [6, 6.07) is -0.630. The summed E-state index contributed by atoms with van der Waals surface area (Å²) in [7, 11) is -0.514. The van der Waals surface area contributed by atoms with Crippen molar-refractivity contribution in [3.63, 3.8) is 0 Å². The van der Waals surface area contributed by atoms with E-state index >= 15 is 0 Å². The smallest absolute Gasteiger partial charge is 0.276 e. The van der Waals surface area contributed by atoms with Crippen molar-refractivity contribution in [2.24, 2.45) is 5.16 Å². The van der Waals surface area contributed by atoms with Crippen molar-refractivity contribution in [1.29, 1.82) is 0 Å². The Morgan fingerprint density at radius 2 is 2.00 bits per heavy atom. The maximum atomic E-state index is 12.8. The lowest BCUT2D eigenvalue weighted by molar-refractivity contribution is -0.152. The number of hydrogen-bond acceptors (Lipinski definition) is 7. The molecule has 2 rings (SSSR count). The number of rotatable bonds is 7. The molecule has 1 atom stereocenters. The van der Waals surface area contributed by atoms with Gasteiger partial charge < -0.3 is 14.7 Å². The molecule has 0 spiro atoms. The lowest BCUT2D eigenvalue weighted by Gasteiger charge is -2.59. The van der Waals surface area contributed by atoms with Gasteiger partial charge in [0.1, 0.15) is 29.6 Å². The number of nitrogens with one attached hydrogen (secondary N) is 1. The summed E-state index contributed by atoms with van der Waals surface area (Å²) < 4.78 is 1.89. The van der Waals surface area contributed by atoms with Crippen LogP contribution >= 0.6 is 11.3 Å². The second-order valence-electron chi connectivity index (χ2n) is 8.03. The highest BCUT2D eigenvalue weighted by molar-refractivity contribution is 7.10. The van der Waals surface area contributed by atoms with Gasteiger partial charge in [-0.25, -0.2) is 4.98 Å². The van der Waals surface area contributed by atoms with Crippen molar-refractivity contribution in [3.8, 4) is 0 Å². The van der Waals surface area contributed by atoms with E-state index in [-0.39, 0.29) is 31.2 Å². The molecule has 0 radical (unpaired) electrons. The average molecular weight is 427 g/mol. The van der Waals surface area contributed by atoms with Gasteiger partial charge in [0, 0.05) is 5.38 Å². The van der Waals surface area contributed by atoms with Crippen LogP contribution in [0.1, 0.15) is 38.9 Å². The van der Waals surface area contributed by atoms with Crippen LogP contribution in [0.2, 0.25) is 19.6 Å². The lowest BCUT2D eigenvalue weighted by Crippen LogP contribution is -2.81. The Morgan fingerprint density at radius 3 is 2.46 bits per heavy atom. The molecule has 0 aromatic carbocycles. The fourth-order valence-electron chi connectivity index (χ4n) is 3.42. The predicted octanol–water partition coefficient (Wildman–Crippen LogP) is 2.20. The van der Waals surface area contributed by atoms with Crippen LogP contribution < -0.4 is 5.32 Å². The third-order valence-corrected chi connectivity index (χ3v) is 7.28. The molecule has 2 heterocycles. The SMILES string of the molecule is C.CO/N=C(\C(=O)NC1C(=O)N([Si](C)(C)C)C1(C)C)c1csc(CC(C)=O)n1. The number of aromatic nitrogens is 1. The van der Waals surface area contributed by atoms with Gasteiger partial charge in [0.2, 0.25) is 5.91 Å². The minimum atomic E-state index is -1.85. The molecule has 1 N–H and O–H groups in total. The minimum absolute atomic E-state index is 0. The molecule has 1 fully saturated rings. The highest BCUT2D eigenvalue weighted by Gasteiger charge is 2.58. The van der Waals surface area contributed by atoms with E-state index in [2.05, 4.69) is 35.1 Å². The second kappa shape index (κ2) is 8.52. The molecule has 0 bridgehead atoms. The van der Waals surface area contributed by atoms with Gasteiger partial charge in [-0.3, -0.25) is 14.4 Å². The normalized spacial score (nSPS) is 18.8. The zero-order valence-electron chi connectivity index (χ0n) is 16.7. The Balaban J connectivity index is 0.00000392. The van der Waals surface area contributed by atoms with E-state index in [0.29, 0.717) is 10.7 Å². The van der Waals surface area contributed by atoms with Crippen LogP contribution in [0.25, 0.3) is 0 Å². The predicted molar refractivity (Wildman–Crippen MR) is 113 cm³/mol. The van der Waals surface area contributed by atoms with E-state index in [0.717, 1.165) is 0 Å². The quantitative estimate of drug-likeness (QED) is 0.312. The Morgan fingerprint density at radius 1 is 1.39 bits per heavy atom. The first-order valence-corrected chi connectivity index (χ1v) is 12.9. The zero-order valence-corrected chi connectivity index (χ0v) is 18.6. The summed E-state index contributed by atoms with van der Waals surface area (Å²) in [4.78, 5) is 45.7. The van der Waals surface area contributed by atoms with E-state index in [1.165, 1.54) is 25.4 Å². The van der Waals surface area contributed by atoms with Crippen LogP contribution in [-0.4, -0.2) is 59.8 Å². The number of carbonyl (C=O) groups is 3. The second-order valence-corrected chi connectivity index (χ2v) is 13.8. The van der Waals surface area contributed by atoms with Crippen LogP contribution in [0.5, 0.6) is 0 Å². The molecular weight excluding hydrogens is 396 g/mol. The molecule has 1 aromatic heterocycles. The summed E-state index contributed by atoms with van der Waals surface area (Å²) in [6.07, 6.45) is 0.200. The van der Waals surface area contributed by atoms with Gasteiger partial charge in [0.05, 0.1) is 12.0 Å². The molecular formula is C18H30N4O4SSi. The van der Waals surface area contributed by atoms with Gasteiger partial charge in [-0.1, -0.05) is 32.2 Å². The van der Waals surface area contributed by atoms with Crippen LogP contribution in [0.4, 0.5) is 0 Å². The van der Waals surface area contributed by atoms with Gasteiger partial charge in [-0.15, -0.1) is 11.3 Å². The van der Waals surface area contributed by atoms with Crippen LogP contribution in [0.3, 0.4) is 0 Å². The molecule has 1 unspecified atom stereocenters. The first-order valence-electron chi connectivity index (χ1n) is 8.60. The molecule has 8 nitrogen and oxygen atoms in total. The monoisotopic (exact) mass is 426 g/mol. The number of amides is 2. The third kappa shape index (κ3) is 4.66. The molecule has 0 saturated carbocycles. The first kappa shape index (κ1) is 24.0. The van der Waals surface area contributed by atoms with Crippen LogP contribution in [0, 0.1) is 0 Å². The molecule has 1 aliphatic heterocycles. The Labute approximate surface area is 171 Å². The molecule has 2 amide bonds. The summed E-state index contributed by atoms with van der Waals surface area (Å²) in [5.41, 5.74) is -0.169. The highest BCUT2D eigenvalue weighted by atomic mass is 32.1. The topological polar surface area (TPSA) is 101 Å². The lowest BCUT2D eigenvalue weighted by atomic mass is 9.85. The molecule has 1 aromatic rings. The number of carbonyl (C=O) groups excluding carboxylic acids is 3. The number of Topliss-reactive ketones (excluding diaryl/α,β-unsaturated/α-hetero) is 1. The molecule has 10 heteroatoms. The van der Waals surface area contributed by atoms with Crippen molar-refractivity contribution in [2.75, 3.05) is 7.11 Å². The zero-order chi connectivity index (χ0) is 20.6. The number of oxime groups is 1. The van der Waals surface area contributed by atoms with Gasteiger partial charge >= 0.3 is 0 Å². The summed E-state index contributed by atoms with van der Waals surface area (Å²) in [5.74, 6) is -0.628. The van der Waals surface area contributed by atoms with E-state index in [4.69, 9.17) is 4.84 Å². The third-order valence-electron chi connectivity index (χ3n) is 4.29. The van der Waals surface area contributed by atoms with Crippen LogP contribution in [-0.2, 0) is 25.6 Å².